The van der Waals surface area contributed by atoms with Crippen molar-refractivity contribution in [2.75, 3.05) is 13.1 Å². The number of benzene rings is 1. The van der Waals surface area contributed by atoms with Crippen molar-refractivity contribution < 1.29 is 29.0 Å². The van der Waals surface area contributed by atoms with Crippen LogP contribution in [0.2, 0.25) is 0 Å². The molecule has 9 nitrogen and oxygen atoms in total. The summed E-state index contributed by atoms with van der Waals surface area (Å²) in [5.41, 5.74) is 0.0931. The SMILES string of the molecule is C[C@@H](NC(=O)O)C(CN1C(=O)c2ccccc2C1=O)CC1(CCNC(=O)OC(C)(C)C)CCC1. The highest BCUT2D eigenvalue weighted by atomic mass is 16.6. The van der Waals surface area contributed by atoms with Gasteiger partial charge in [0, 0.05) is 19.1 Å². The molecule has 0 bridgehead atoms. The Balaban J connectivity index is 1.69. The lowest BCUT2D eigenvalue weighted by molar-refractivity contribution is 0.0401. The van der Waals surface area contributed by atoms with E-state index in [9.17, 15) is 24.3 Å². The molecule has 1 fully saturated rings. The second kappa shape index (κ2) is 10.0. The molecule has 1 saturated carbocycles. The molecule has 2 aliphatic rings. The number of fused-ring (bicyclic) bond motifs is 1. The molecular weight excluding hydrogens is 438 g/mol. The first-order valence-electron chi connectivity index (χ1n) is 11.8. The smallest absolute Gasteiger partial charge is 0.407 e. The lowest BCUT2D eigenvalue weighted by Gasteiger charge is -2.46. The van der Waals surface area contributed by atoms with Gasteiger partial charge in [-0.1, -0.05) is 18.6 Å². The minimum atomic E-state index is -1.14. The van der Waals surface area contributed by atoms with Gasteiger partial charge in [-0.3, -0.25) is 14.5 Å². The lowest BCUT2D eigenvalue weighted by Crippen LogP contribution is -2.48. The fourth-order valence-electron chi connectivity index (χ4n) is 4.88. The van der Waals surface area contributed by atoms with Gasteiger partial charge in [-0.25, -0.2) is 9.59 Å². The summed E-state index contributed by atoms with van der Waals surface area (Å²) in [5.74, 6) is -0.954. The summed E-state index contributed by atoms with van der Waals surface area (Å²) in [6.07, 6.45) is 2.68. The molecule has 1 aliphatic heterocycles. The summed E-state index contributed by atoms with van der Waals surface area (Å²) in [6.45, 7) is 7.76. The number of ether oxygens (including phenoxy) is 1. The number of carboxylic acid groups (broad SMARTS) is 1. The van der Waals surface area contributed by atoms with Gasteiger partial charge in [0.25, 0.3) is 11.8 Å². The molecule has 1 aromatic rings. The highest BCUT2D eigenvalue weighted by molar-refractivity contribution is 6.21. The molecule has 1 heterocycles. The number of nitrogens with zero attached hydrogens (tertiary/aromatic N) is 1. The number of carbonyl (C=O) groups is 4. The van der Waals surface area contributed by atoms with Gasteiger partial charge in [0.05, 0.1) is 11.1 Å². The quantitative estimate of drug-likeness (QED) is 0.465. The average Bonchev–Trinajstić information content (AvgIpc) is 2.94. The predicted octanol–water partition coefficient (Wildman–Crippen LogP) is 4.03. The van der Waals surface area contributed by atoms with Crippen LogP contribution in [-0.4, -0.2) is 58.7 Å². The largest absolute Gasteiger partial charge is 0.465 e. The van der Waals surface area contributed by atoms with E-state index in [0.717, 1.165) is 19.3 Å². The van der Waals surface area contributed by atoms with Crippen molar-refractivity contribution in [3.8, 4) is 0 Å². The van der Waals surface area contributed by atoms with E-state index >= 15 is 0 Å². The van der Waals surface area contributed by atoms with E-state index in [2.05, 4.69) is 10.6 Å². The van der Waals surface area contributed by atoms with Crippen molar-refractivity contribution >= 4 is 24.0 Å². The van der Waals surface area contributed by atoms with Crippen LogP contribution in [0.4, 0.5) is 9.59 Å². The lowest BCUT2D eigenvalue weighted by atomic mass is 9.61. The molecule has 1 unspecified atom stereocenters. The van der Waals surface area contributed by atoms with Crippen LogP contribution < -0.4 is 10.6 Å². The Labute approximate surface area is 200 Å². The fraction of sp³-hybridized carbons (Fsp3) is 0.600. The summed E-state index contributed by atoms with van der Waals surface area (Å²) in [5, 5.41) is 14.6. The minimum Gasteiger partial charge on any atom is -0.465 e. The van der Waals surface area contributed by atoms with E-state index in [1.807, 2.05) is 0 Å². The molecule has 0 aromatic heterocycles. The number of alkyl carbamates (subject to hydrolysis) is 1. The van der Waals surface area contributed by atoms with E-state index in [1.165, 1.54) is 4.90 Å². The third kappa shape index (κ3) is 6.07. The second-order valence-electron chi connectivity index (χ2n) is 10.5. The molecule has 0 spiro atoms. The number of imide groups is 1. The van der Waals surface area contributed by atoms with Gasteiger partial charge in [-0.15, -0.1) is 0 Å². The van der Waals surface area contributed by atoms with E-state index < -0.39 is 23.8 Å². The van der Waals surface area contributed by atoms with Crippen molar-refractivity contribution in [1.29, 1.82) is 0 Å². The van der Waals surface area contributed by atoms with Crippen molar-refractivity contribution in [2.24, 2.45) is 11.3 Å². The molecule has 0 saturated heterocycles. The maximum absolute atomic E-state index is 12.9. The van der Waals surface area contributed by atoms with Crippen LogP contribution in [0, 0.1) is 11.3 Å². The summed E-state index contributed by atoms with van der Waals surface area (Å²) in [7, 11) is 0. The van der Waals surface area contributed by atoms with Gasteiger partial charge < -0.3 is 20.5 Å². The number of amides is 4. The van der Waals surface area contributed by atoms with Crippen molar-refractivity contribution in [3.63, 3.8) is 0 Å². The predicted molar refractivity (Wildman–Crippen MR) is 126 cm³/mol. The van der Waals surface area contributed by atoms with Gasteiger partial charge in [-0.2, -0.15) is 0 Å². The highest BCUT2D eigenvalue weighted by Crippen LogP contribution is 2.49. The Bertz CT molecular complexity index is 915. The number of carbonyl (C=O) groups excluding carboxylic acids is 3. The molecule has 9 heteroatoms. The van der Waals surface area contributed by atoms with Crippen molar-refractivity contribution in [2.45, 2.75) is 71.4 Å². The first-order valence-corrected chi connectivity index (χ1v) is 11.8. The van der Waals surface area contributed by atoms with Gasteiger partial charge in [0.2, 0.25) is 0 Å². The summed E-state index contributed by atoms with van der Waals surface area (Å²) >= 11 is 0. The average molecular weight is 474 g/mol. The summed E-state index contributed by atoms with van der Waals surface area (Å²) < 4.78 is 5.30. The molecule has 3 rings (SSSR count). The van der Waals surface area contributed by atoms with E-state index in [1.54, 1.807) is 52.0 Å². The molecule has 1 aromatic carbocycles. The van der Waals surface area contributed by atoms with Crippen molar-refractivity contribution in [3.05, 3.63) is 35.4 Å². The van der Waals surface area contributed by atoms with E-state index in [0.29, 0.717) is 30.5 Å². The molecule has 186 valence electrons. The van der Waals surface area contributed by atoms with Crippen molar-refractivity contribution in [1.82, 2.24) is 15.5 Å². The Morgan fingerprint density at radius 2 is 1.74 bits per heavy atom. The maximum Gasteiger partial charge on any atom is 0.407 e. The summed E-state index contributed by atoms with van der Waals surface area (Å²) in [6, 6.07) is 6.26. The zero-order valence-corrected chi connectivity index (χ0v) is 20.3. The second-order valence-corrected chi connectivity index (χ2v) is 10.5. The van der Waals surface area contributed by atoms with Crippen LogP contribution in [0.5, 0.6) is 0 Å². The Morgan fingerprint density at radius 1 is 1.15 bits per heavy atom. The Kier molecular flexibility index (Phi) is 7.53. The molecule has 3 N–H and O–H groups in total. The molecule has 4 amide bonds. The van der Waals surface area contributed by atoms with Gasteiger partial charge in [-0.05, 0) is 76.8 Å². The Morgan fingerprint density at radius 3 is 2.21 bits per heavy atom. The summed E-state index contributed by atoms with van der Waals surface area (Å²) in [4.78, 5) is 50.4. The highest BCUT2D eigenvalue weighted by Gasteiger charge is 2.43. The van der Waals surface area contributed by atoms with Crippen LogP contribution in [0.25, 0.3) is 0 Å². The monoisotopic (exact) mass is 473 g/mol. The van der Waals surface area contributed by atoms with Crippen LogP contribution in [-0.2, 0) is 4.74 Å². The van der Waals surface area contributed by atoms with E-state index in [-0.39, 0.29) is 29.7 Å². The maximum atomic E-state index is 12.9. The van der Waals surface area contributed by atoms with Crippen LogP contribution >= 0.6 is 0 Å². The number of hydrogen-bond acceptors (Lipinski definition) is 5. The first kappa shape index (κ1) is 25.5. The number of rotatable bonds is 9. The van der Waals surface area contributed by atoms with Crippen LogP contribution in [0.3, 0.4) is 0 Å². The Hall–Kier alpha value is -3.10. The zero-order valence-electron chi connectivity index (χ0n) is 20.3. The third-order valence-electron chi connectivity index (χ3n) is 6.79. The molecular formula is C25H35N3O6. The zero-order chi connectivity index (χ0) is 25.1. The number of nitrogens with one attached hydrogen (secondary N) is 2. The molecule has 1 aliphatic carbocycles. The van der Waals surface area contributed by atoms with Gasteiger partial charge in [0.1, 0.15) is 5.60 Å². The molecule has 34 heavy (non-hydrogen) atoms. The first-order chi connectivity index (χ1) is 15.9. The van der Waals surface area contributed by atoms with Gasteiger partial charge in [0.15, 0.2) is 0 Å². The standard InChI is InChI=1S/C25H35N3O6/c1-16(27-22(31)32)17(15-28-20(29)18-8-5-6-9-19(18)21(28)30)14-25(10-7-11-25)12-13-26-23(33)34-24(2,3)4/h5-6,8-9,16-17,27H,7,10-15H2,1-4H3,(H,26,33)(H,31,32)/t16-,17?/m1/s1. The van der Waals surface area contributed by atoms with Gasteiger partial charge >= 0.3 is 12.2 Å². The van der Waals surface area contributed by atoms with Crippen LogP contribution in [0.1, 0.15) is 80.5 Å². The topological polar surface area (TPSA) is 125 Å². The fourth-order valence-corrected chi connectivity index (χ4v) is 4.88. The third-order valence-corrected chi connectivity index (χ3v) is 6.79. The van der Waals surface area contributed by atoms with Crippen LogP contribution in [0.15, 0.2) is 24.3 Å². The minimum absolute atomic E-state index is 0.0905. The number of hydrogen-bond donors (Lipinski definition) is 3. The molecule has 2 atom stereocenters. The molecule has 0 radical (unpaired) electrons. The van der Waals surface area contributed by atoms with E-state index in [4.69, 9.17) is 4.74 Å². The normalized spacial score (nSPS) is 18.5.